The van der Waals surface area contributed by atoms with E-state index in [1.807, 2.05) is 0 Å². The lowest BCUT2D eigenvalue weighted by atomic mass is 10.1. The molecule has 0 bridgehead atoms. The summed E-state index contributed by atoms with van der Waals surface area (Å²) in [6.45, 7) is 4.30. The quantitative estimate of drug-likeness (QED) is 0.559. The maximum Gasteiger partial charge on any atom is 0.0174 e. The van der Waals surface area contributed by atoms with Crippen LogP contribution in [0.4, 0.5) is 0 Å². The van der Waals surface area contributed by atoms with Crippen molar-refractivity contribution in [3.63, 3.8) is 0 Å². The Balaban J connectivity index is 2.90. The molecule has 0 radical (unpaired) electrons. The van der Waals surface area contributed by atoms with Crippen molar-refractivity contribution < 1.29 is 0 Å². The molecule has 0 aromatic heterocycles. The van der Waals surface area contributed by atoms with E-state index in [2.05, 4.69) is 48.0 Å². The summed E-state index contributed by atoms with van der Waals surface area (Å²) >= 11 is 3.45. The molecule has 10 heavy (non-hydrogen) atoms. The summed E-state index contributed by atoms with van der Waals surface area (Å²) in [5.74, 6) is 0. The topological polar surface area (TPSA) is 0 Å². The molecule has 0 aromatic carbocycles. The molecule has 0 atom stereocenters. The average molecular weight is 199 g/mol. The molecule has 54 valence electrons. The highest BCUT2D eigenvalue weighted by Gasteiger charge is 1.96. The van der Waals surface area contributed by atoms with Gasteiger partial charge in [-0.3, -0.25) is 0 Å². The van der Waals surface area contributed by atoms with Crippen LogP contribution in [0.25, 0.3) is 0 Å². The first-order valence-electron chi connectivity index (χ1n) is 3.38. The Morgan fingerprint density at radius 3 is 2.60 bits per heavy atom. The molecule has 0 amide bonds. The predicted octanol–water partition coefficient (Wildman–Crippen LogP) is 3.56. The second-order valence-corrected chi connectivity index (χ2v) is 3.65. The summed E-state index contributed by atoms with van der Waals surface area (Å²) in [5.41, 5.74) is 2.83. The van der Waals surface area contributed by atoms with E-state index < -0.39 is 0 Å². The van der Waals surface area contributed by atoms with Gasteiger partial charge in [-0.2, -0.15) is 0 Å². The van der Waals surface area contributed by atoms with Gasteiger partial charge in [-0.1, -0.05) is 33.2 Å². The van der Waals surface area contributed by atoms with Gasteiger partial charge in [0, 0.05) is 4.48 Å². The molecule has 0 spiro atoms. The lowest BCUT2D eigenvalue weighted by Gasteiger charge is -1.96. The van der Waals surface area contributed by atoms with E-state index in [9.17, 15) is 0 Å². The van der Waals surface area contributed by atoms with Crippen LogP contribution in [0.15, 0.2) is 33.9 Å². The van der Waals surface area contributed by atoms with Gasteiger partial charge in [0.05, 0.1) is 0 Å². The number of hydrogen-bond acceptors (Lipinski definition) is 0. The molecular weight excluding hydrogens is 188 g/mol. The molecule has 0 saturated carbocycles. The van der Waals surface area contributed by atoms with E-state index in [1.165, 1.54) is 15.6 Å². The molecule has 0 N–H and O–H groups in total. The van der Waals surface area contributed by atoms with Gasteiger partial charge in [0.25, 0.3) is 0 Å². The summed E-state index contributed by atoms with van der Waals surface area (Å²) in [6.07, 6.45) is 7.50. The van der Waals surface area contributed by atoms with Gasteiger partial charge in [0.2, 0.25) is 0 Å². The van der Waals surface area contributed by atoms with Crippen molar-refractivity contribution in [3.8, 4) is 0 Å². The van der Waals surface area contributed by atoms with Crippen molar-refractivity contribution in [2.75, 3.05) is 0 Å². The summed E-state index contributed by atoms with van der Waals surface area (Å²) in [5, 5.41) is 0. The monoisotopic (exact) mass is 198 g/mol. The molecule has 1 rings (SSSR count). The zero-order valence-electron chi connectivity index (χ0n) is 6.32. The van der Waals surface area contributed by atoms with Gasteiger partial charge in [0.15, 0.2) is 0 Å². The Labute approximate surface area is 70.5 Å². The van der Waals surface area contributed by atoms with Crippen LogP contribution in [0.3, 0.4) is 0 Å². The standard InChI is InChI=1S/C9H11Br/c1-7-3-4-9(10)6-8(2)5-7/h3-4,6H,5H2,1-2H3. The maximum absolute atomic E-state index is 3.45. The number of rotatable bonds is 0. The van der Waals surface area contributed by atoms with E-state index in [-0.39, 0.29) is 0 Å². The Hall–Kier alpha value is -0.300. The highest BCUT2D eigenvalue weighted by molar-refractivity contribution is 9.11. The van der Waals surface area contributed by atoms with Gasteiger partial charge in [-0.15, -0.1) is 0 Å². The molecule has 0 saturated heterocycles. The van der Waals surface area contributed by atoms with E-state index in [0.717, 1.165) is 6.42 Å². The number of halogens is 1. The fourth-order valence-corrected chi connectivity index (χ4v) is 1.58. The second kappa shape index (κ2) is 3.20. The Bertz CT molecular complexity index is 219. The Morgan fingerprint density at radius 2 is 1.90 bits per heavy atom. The molecular formula is C9H11Br. The molecule has 0 heterocycles. The third-order valence-electron chi connectivity index (χ3n) is 1.47. The molecule has 1 aliphatic rings. The zero-order chi connectivity index (χ0) is 7.56. The summed E-state index contributed by atoms with van der Waals surface area (Å²) < 4.78 is 1.17. The van der Waals surface area contributed by atoms with E-state index >= 15 is 0 Å². The van der Waals surface area contributed by atoms with Crippen LogP contribution in [0, 0.1) is 0 Å². The lowest BCUT2D eigenvalue weighted by Crippen LogP contribution is -1.76. The molecule has 0 nitrogen and oxygen atoms in total. The SMILES string of the molecule is CC1=CC=C(Br)C=C(C)C1. The fraction of sp³-hybridized carbons (Fsp3) is 0.333. The maximum atomic E-state index is 3.45. The first-order valence-corrected chi connectivity index (χ1v) is 4.18. The van der Waals surface area contributed by atoms with Crippen molar-refractivity contribution in [1.29, 1.82) is 0 Å². The van der Waals surface area contributed by atoms with Crippen molar-refractivity contribution in [3.05, 3.63) is 33.9 Å². The van der Waals surface area contributed by atoms with Crippen LogP contribution >= 0.6 is 15.9 Å². The van der Waals surface area contributed by atoms with Crippen LogP contribution in [0.2, 0.25) is 0 Å². The smallest absolute Gasteiger partial charge is 0.0174 e. The van der Waals surface area contributed by atoms with E-state index in [0.29, 0.717) is 0 Å². The lowest BCUT2D eigenvalue weighted by molar-refractivity contribution is 1.11. The minimum atomic E-state index is 1.10. The van der Waals surface area contributed by atoms with Crippen molar-refractivity contribution in [2.45, 2.75) is 20.3 Å². The molecule has 0 aliphatic heterocycles. The first kappa shape index (κ1) is 7.80. The van der Waals surface area contributed by atoms with Crippen LogP contribution < -0.4 is 0 Å². The van der Waals surface area contributed by atoms with Crippen molar-refractivity contribution in [1.82, 2.24) is 0 Å². The van der Waals surface area contributed by atoms with E-state index in [4.69, 9.17) is 0 Å². The minimum Gasteiger partial charge on any atom is -0.0692 e. The van der Waals surface area contributed by atoms with Gasteiger partial charge >= 0.3 is 0 Å². The molecule has 0 fully saturated rings. The summed E-state index contributed by atoms with van der Waals surface area (Å²) in [7, 11) is 0. The number of hydrogen-bond donors (Lipinski definition) is 0. The largest absolute Gasteiger partial charge is 0.0692 e. The van der Waals surface area contributed by atoms with Crippen LogP contribution in [0.1, 0.15) is 20.3 Å². The van der Waals surface area contributed by atoms with Gasteiger partial charge in [-0.05, 0) is 32.4 Å². The second-order valence-electron chi connectivity index (χ2n) is 2.73. The highest BCUT2D eigenvalue weighted by atomic mass is 79.9. The summed E-state index contributed by atoms with van der Waals surface area (Å²) in [4.78, 5) is 0. The minimum absolute atomic E-state index is 1.10. The van der Waals surface area contributed by atoms with Crippen LogP contribution in [-0.4, -0.2) is 0 Å². The Morgan fingerprint density at radius 1 is 1.20 bits per heavy atom. The van der Waals surface area contributed by atoms with Gasteiger partial charge < -0.3 is 0 Å². The van der Waals surface area contributed by atoms with Gasteiger partial charge in [0.1, 0.15) is 0 Å². The zero-order valence-corrected chi connectivity index (χ0v) is 7.90. The first-order chi connectivity index (χ1) is 4.68. The number of allylic oxidation sites excluding steroid dienone is 6. The normalized spacial score (nSPS) is 18.9. The van der Waals surface area contributed by atoms with Crippen LogP contribution in [-0.2, 0) is 0 Å². The molecule has 1 aliphatic carbocycles. The molecule has 1 heteroatoms. The van der Waals surface area contributed by atoms with Crippen LogP contribution in [0.5, 0.6) is 0 Å². The summed E-state index contributed by atoms with van der Waals surface area (Å²) in [6, 6.07) is 0. The molecule has 0 unspecified atom stereocenters. The molecule has 0 aromatic rings. The Kier molecular flexibility index (Phi) is 2.50. The predicted molar refractivity (Wildman–Crippen MR) is 49.1 cm³/mol. The van der Waals surface area contributed by atoms with Gasteiger partial charge in [-0.25, -0.2) is 0 Å². The third-order valence-corrected chi connectivity index (χ3v) is 1.96. The fourth-order valence-electron chi connectivity index (χ4n) is 1.06. The van der Waals surface area contributed by atoms with Crippen molar-refractivity contribution >= 4 is 15.9 Å². The highest BCUT2D eigenvalue weighted by Crippen LogP contribution is 2.19. The third kappa shape index (κ3) is 2.14. The average Bonchev–Trinajstić information content (AvgIpc) is 1.93. The van der Waals surface area contributed by atoms with E-state index in [1.54, 1.807) is 0 Å². The van der Waals surface area contributed by atoms with Crippen molar-refractivity contribution in [2.24, 2.45) is 0 Å².